The first kappa shape index (κ1) is 26.2. The van der Waals surface area contributed by atoms with Crippen molar-refractivity contribution in [3.63, 3.8) is 0 Å². The highest BCUT2D eigenvalue weighted by atomic mass is 19.4. The first-order valence-corrected chi connectivity index (χ1v) is 12.5. The predicted octanol–water partition coefficient (Wildman–Crippen LogP) is 6.80. The van der Waals surface area contributed by atoms with Gasteiger partial charge in [-0.15, -0.1) is 0 Å². The lowest BCUT2D eigenvalue weighted by Crippen LogP contribution is -2.50. The van der Waals surface area contributed by atoms with Crippen LogP contribution in [-0.4, -0.2) is 47.1 Å². The Hall–Kier alpha value is -4.37. The molecular weight excluding hydrogens is 507 g/mol. The second-order valence-electron chi connectivity index (χ2n) is 9.07. The summed E-state index contributed by atoms with van der Waals surface area (Å²) in [5, 5.41) is 0. The molecule has 0 bridgehead atoms. The molecule has 0 N–H and O–H groups in total. The third kappa shape index (κ3) is 6.56. The number of carbonyl (C=O) groups is 1. The normalized spacial score (nSPS) is 14.3. The minimum absolute atomic E-state index is 0.0231. The molecule has 1 fully saturated rings. The van der Waals surface area contributed by atoms with Crippen molar-refractivity contribution >= 4 is 6.09 Å². The monoisotopic (exact) mass is 533 g/mol. The van der Waals surface area contributed by atoms with E-state index in [1.54, 1.807) is 29.2 Å². The average Bonchev–Trinajstić information content (AvgIpc) is 2.96. The molecule has 0 aliphatic carbocycles. The number of hydrogen-bond donors (Lipinski definition) is 0. The number of ether oxygens (including phenoxy) is 2. The lowest BCUT2D eigenvalue weighted by molar-refractivity contribution is -0.137. The van der Waals surface area contributed by atoms with Crippen molar-refractivity contribution in [1.82, 2.24) is 14.8 Å². The second-order valence-corrected chi connectivity index (χ2v) is 9.07. The molecule has 1 aliphatic heterocycles. The molecular formula is C30H26F3N3O3. The Morgan fingerprint density at radius 1 is 0.744 bits per heavy atom. The molecule has 1 amide bonds. The van der Waals surface area contributed by atoms with Crippen molar-refractivity contribution in [3.8, 4) is 17.4 Å². The van der Waals surface area contributed by atoms with E-state index in [1.807, 2.05) is 36.4 Å². The van der Waals surface area contributed by atoms with E-state index in [4.69, 9.17) is 9.47 Å². The minimum atomic E-state index is -4.46. The summed E-state index contributed by atoms with van der Waals surface area (Å²) in [4.78, 5) is 20.6. The summed E-state index contributed by atoms with van der Waals surface area (Å²) in [7, 11) is 0. The fraction of sp³-hybridized carbons (Fsp3) is 0.200. The highest BCUT2D eigenvalue weighted by molar-refractivity contribution is 5.71. The third-order valence-electron chi connectivity index (χ3n) is 6.48. The van der Waals surface area contributed by atoms with Gasteiger partial charge in [0.2, 0.25) is 5.88 Å². The van der Waals surface area contributed by atoms with Gasteiger partial charge >= 0.3 is 12.3 Å². The number of carbonyl (C=O) groups excluding carboxylic acids is 1. The van der Waals surface area contributed by atoms with Gasteiger partial charge in [-0.1, -0.05) is 60.7 Å². The summed E-state index contributed by atoms with van der Waals surface area (Å²) in [6, 6.07) is 29.0. The summed E-state index contributed by atoms with van der Waals surface area (Å²) in [5.41, 5.74) is 1.55. The third-order valence-corrected chi connectivity index (χ3v) is 6.48. The maximum Gasteiger partial charge on any atom is 0.417 e. The van der Waals surface area contributed by atoms with Crippen LogP contribution in [-0.2, 0) is 6.18 Å². The van der Waals surface area contributed by atoms with Crippen LogP contribution in [0.25, 0.3) is 0 Å². The molecule has 0 atom stereocenters. The summed E-state index contributed by atoms with van der Waals surface area (Å²) < 4.78 is 49.1. The number of pyridine rings is 1. The van der Waals surface area contributed by atoms with Crippen LogP contribution in [0.5, 0.6) is 17.4 Å². The van der Waals surface area contributed by atoms with Crippen LogP contribution < -0.4 is 9.47 Å². The van der Waals surface area contributed by atoms with Crippen LogP contribution in [0.1, 0.15) is 22.7 Å². The van der Waals surface area contributed by atoms with Crippen molar-refractivity contribution in [2.75, 3.05) is 26.2 Å². The van der Waals surface area contributed by atoms with Crippen molar-refractivity contribution in [2.45, 2.75) is 12.2 Å². The number of benzene rings is 3. The van der Waals surface area contributed by atoms with E-state index < -0.39 is 17.8 Å². The standard InChI is InChI=1S/C30H26F3N3O3/c31-30(32,33)24-11-16-27(34-21-24)38-25-12-14-26(15-13-25)39-29(37)36-19-17-35(18-20-36)28(22-7-3-1-4-8-22)23-9-5-2-6-10-23/h1-16,21,28H,17-20H2. The second kappa shape index (κ2) is 11.6. The number of amides is 1. The molecule has 0 radical (unpaired) electrons. The van der Waals surface area contributed by atoms with Gasteiger partial charge < -0.3 is 14.4 Å². The lowest BCUT2D eigenvalue weighted by Gasteiger charge is -2.39. The molecule has 0 saturated carbocycles. The maximum atomic E-state index is 12.8. The van der Waals surface area contributed by atoms with Crippen molar-refractivity contribution < 1.29 is 27.4 Å². The van der Waals surface area contributed by atoms with Crippen LogP contribution in [0.2, 0.25) is 0 Å². The van der Waals surface area contributed by atoms with Crippen molar-refractivity contribution in [1.29, 1.82) is 0 Å². The van der Waals surface area contributed by atoms with E-state index in [-0.39, 0.29) is 11.9 Å². The van der Waals surface area contributed by atoms with E-state index in [2.05, 4.69) is 34.1 Å². The quantitative estimate of drug-likeness (QED) is 0.273. The zero-order valence-corrected chi connectivity index (χ0v) is 20.9. The van der Waals surface area contributed by atoms with Gasteiger partial charge in [-0.2, -0.15) is 13.2 Å². The highest BCUT2D eigenvalue weighted by Crippen LogP contribution is 2.31. The smallest absolute Gasteiger partial charge is 0.417 e. The Morgan fingerprint density at radius 2 is 1.31 bits per heavy atom. The molecule has 4 aromatic rings. The molecule has 0 spiro atoms. The molecule has 0 unspecified atom stereocenters. The molecule has 1 aromatic heterocycles. The number of hydrogen-bond acceptors (Lipinski definition) is 5. The van der Waals surface area contributed by atoms with E-state index in [9.17, 15) is 18.0 Å². The number of halogens is 3. The first-order valence-electron chi connectivity index (χ1n) is 12.5. The molecule has 9 heteroatoms. The minimum Gasteiger partial charge on any atom is -0.439 e. The summed E-state index contributed by atoms with van der Waals surface area (Å²) in [6.45, 7) is 2.43. The highest BCUT2D eigenvalue weighted by Gasteiger charge is 2.31. The number of aromatic nitrogens is 1. The predicted molar refractivity (Wildman–Crippen MR) is 140 cm³/mol. The number of nitrogens with zero attached hydrogens (tertiary/aromatic N) is 3. The molecule has 1 aliphatic rings. The number of alkyl halides is 3. The molecule has 39 heavy (non-hydrogen) atoms. The van der Waals surface area contributed by atoms with Gasteiger partial charge in [0.15, 0.2) is 0 Å². The van der Waals surface area contributed by atoms with Crippen LogP contribution in [0.15, 0.2) is 103 Å². The van der Waals surface area contributed by atoms with Crippen LogP contribution in [0.3, 0.4) is 0 Å². The Kier molecular flexibility index (Phi) is 7.79. The van der Waals surface area contributed by atoms with E-state index in [0.29, 0.717) is 43.9 Å². The van der Waals surface area contributed by atoms with Crippen LogP contribution in [0, 0.1) is 0 Å². The van der Waals surface area contributed by atoms with Gasteiger partial charge in [0.1, 0.15) is 11.5 Å². The Labute approximate surface area is 224 Å². The first-order chi connectivity index (χ1) is 18.9. The fourth-order valence-corrected chi connectivity index (χ4v) is 4.52. The maximum absolute atomic E-state index is 12.8. The topological polar surface area (TPSA) is 54.9 Å². The lowest BCUT2D eigenvalue weighted by atomic mass is 9.96. The van der Waals surface area contributed by atoms with Crippen LogP contribution >= 0.6 is 0 Å². The molecule has 200 valence electrons. The zero-order chi connectivity index (χ0) is 27.2. The summed E-state index contributed by atoms with van der Waals surface area (Å²) in [5.74, 6) is 0.708. The molecule has 3 aromatic carbocycles. The summed E-state index contributed by atoms with van der Waals surface area (Å²) in [6.07, 6.45) is -4.19. The van der Waals surface area contributed by atoms with Gasteiger partial charge in [0.25, 0.3) is 0 Å². The van der Waals surface area contributed by atoms with Gasteiger partial charge in [-0.25, -0.2) is 9.78 Å². The molecule has 6 nitrogen and oxygen atoms in total. The van der Waals surface area contributed by atoms with Gasteiger partial charge in [0.05, 0.1) is 11.6 Å². The van der Waals surface area contributed by atoms with Gasteiger partial charge in [-0.3, -0.25) is 4.90 Å². The molecule has 2 heterocycles. The van der Waals surface area contributed by atoms with Crippen molar-refractivity contribution in [3.05, 3.63) is 120 Å². The van der Waals surface area contributed by atoms with E-state index >= 15 is 0 Å². The fourth-order valence-electron chi connectivity index (χ4n) is 4.52. The Morgan fingerprint density at radius 3 is 1.82 bits per heavy atom. The number of rotatable bonds is 6. The van der Waals surface area contributed by atoms with Gasteiger partial charge in [0, 0.05) is 38.4 Å². The Bertz CT molecular complexity index is 1320. The SMILES string of the molecule is O=C(Oc1ccc(Oc2ccc(C(F)(F)F)cn2)cc1)N1CCN(C(c2ccccc2)c2ccccc2)CC1. The van der Waals surface area contributed by atoms with Crippen LogP contribution in [0.4, 0.5) is 18.0 Å². The van der Waals surface area contributed by atoms with Gasteiger partial charge in [-0.05, 0) is 41.5 Å². The number of piperazine rings is 1. The molecule has 1 saturated heterocycles. The Balaban J connectivity index is 1.16. The van der Waals surface area contributed by atoms with E-state index in [1.165, 1.54) is 11.1 Å². The van der Waals surface area contributed by atoms with E-state index in [0.717, 1.165) is 12.1 Å². The molecule has 5 rings (SSSR count). The zero-order valence-electron chi connectivity index (χ0n) is 20.9. The average molecular weight is 534 g/mol. The summed E-state index contributed by atoms with van der Waals surface area (Å²) >= 11 is 0. The largest absolute Gasteiger partial charge is 0.439 e. The van der Waals surface area contributed by atoms with Crippen molar-refractivity contribution in [2.24, 2.45) is 0 Å².